The summed E-state index contributed by atoms with van der Waals surface area (Å²) in [6.45, 7) is 4.17. The zero-order valence-corrected chi connectivity index (χ0v) is 9.41. The molecule has 1 rings (SSSR count). The lowest BCUT2D eigenvalue weighted by molar-refractivity contribution is 0.0464. The Balaban J connectivity index is 2.52. The van der Waals surface area contributed by atoms with Crippen LogP contribution in [0.25, 0.3) is 0 Å². The fourth-order valence-electron chi connectivity index (χ4n) is 1.30. The van der Waals surface area contributed by atoms with Crippen LogP contribution >= 0.6 is 0 Å². The van der Waals surface area contributed by atoms with Gasteiger partial charge in [-0.25, -0.2) is 8.78 Å². The van der Waals surface area contributed by atoms with Gasteiger partial charge < -0.3 is 9.84 Å². The fraction of sp³-hybridized carbons (Fsp3) is 0.500. The largest absolute Gasteiger partial charge is 0.388 e. The van der Waals surface area contributed by atoms with Crippen molar-refractivity contribution in [2.75, 3.05) is 6.61 Å². The summed E-state index contributed by atoms with van der Waals surface area (Å²) in [7, 11) is 0. The number of hydrogen-bond donors (Lipinski definition) is 1. The molecule has 0 radical (unpaired) electrons. The van der Waals surface area contributed by atoms with E-state index >= 15 is 0 Å². The van der Waals surface area contributed by atoms with E-state index in [0.717, 1.165) is 12.1 Å². The van der Waals surface area contributed by atoms with Crippen molar-refractivity contribution < 1.29 is 18.6 Å². The van der Waals surface area contributed by atoms with Gasteiger partial charge in [-0.1, -0.05) is 6.07 Å². The highest BCUT2D eigenvalue weighted by Crippen LogP contribution is 2.19. The van der Waals surface area contributed by atoms with Crippen LogP contribution in [0.2, 0.25) is 0 Å². The summed E-state index contributed by atoms with van der Waals surface area (Å²) in [5, 5.41) is 9.68. The van der Waals surface area contributed by atoms with Crippen molar-refractivity contribution in [2.45, 2.75) is 32.5 Å². The molecular formula is C12H16F2O2. The summed E-state index contributed by atoms with van der Waals surface area (Å²) in [6, 6.07) is 3.39. The lowest BCUT2D eigenvalue weighted by Gasteiger charge is -2.13. The van der Waals surface area contributed by atoms with Crippen LogP contribution in [0.5, 0.6) is 0 Å². The summed E-state index contributed by atoms with van der Waals surface area (Å²) < 4.78 is 30.8. The smallest absolute Gasteiger partial charge is 0.159 e. The Labute approximate surface area is 93.9 Å². The van der Waals surface area contributed by atoms with E-state index in [1.807, 2.05) is 13.8 Å². The highest BCUT2D eigenvalue weighted by molar-refractivity contribution is 5.19. The molecule has 0 fully saturated rings. The van der Waals surface area contributed by atoms with Crippen LogP contribution in [-0.2, 0) is 4.74 Å². The molecule has 1 unspecified atom stereocenters. The molecule has 0 aliphatic rings. The third-order valence-electron chi connectivity index (χ3n) is 2.17. The second-order valence-electron chi connectivity index (χ2n) is 3.90. The molecule has 1 atom stereocenters. The van der Waals surface area contributed by atoms with Crippen LogP contribution in [0.15, 0.2) is 18.2 Å². The molecule has 1 aromatic rings. The first-order valence-corrected chi connectivity index (χ1v) is 5.25. The molecule has 0 saturated carbocycles. The van der Waals surface area contributed by atoms with Gasteiger partial charge in [0.15, 0.2) is 11.6 Å². The Morgan fingerprint density at radius 2 is 1.94 bits per heavy atom. The van der Waals surface area contributed by atoms with Crippen LogP contribution in [0.4, 0.5) is 8.78 Å². The average molecular weight is 230 g/mol. The summed E-state index contributed by atoms with van der Waals surface area (Å²) in [5.41, 5.74) is 0.367. The molecule has 0 spiro atoms. The van der Waals surface area contributed by atoms with Crippen LogP contribution in [0, 0.1) is 11.6 Å². The fourth-order valence-corrected chi connectivity index (χ4v) is 1.30. The molecule has 16 heavy (non-hydrogen) atoms. The SMILES string of the molecule is CC(C)OCCC(O)c1ccc(F)c(F)c1. The van der Waals surface area contributed by atoms with Gasteiger partial charge in [0.2, 0.25) is 0 Å². The van der Waals surface area contributed by atoms with E-state index in [2.05, 4.69) is 0 Å². The maximum absolute atomic E-state index is 12.9. The normalized spacial score (nSPS) is 13.1. The molecular weight excluding hydrogens is 214 g/mol. The van der Waals surface area contributed by atoms with Crippen molar-refractivity contribution in [3.05, 3.63) is 35.4 Å². The van der Waals surface area contributed by atoms with Crippen molar-refractivity contribution in [1.29, 1.82) is 0 Å². The minimum atomic E-state index is -0.943. The molecule has 0 aliphatic carbocycles. The van der Waals surface area contributed by atoms with Crippen LogP contribution in [0.1, 0.15) is 31.9 Å². The number of rotatable bonds is 5. The molecule has 90 valence electrons. The number of benzene rings is 1. The molecule has 0 heterocycles. The summed E-state index contributed by atoms with van der Waals surface area (Å²) in [6.07, 6.45) is -0.366. The lowest BCUT2D eigenvalue weighted by Crippen LogP contribution is -2.08. The molecule has 0 amide bonds. The van der Waals surface area contributed by atoms with Crippen molar-refractivity contribution in [3.63, 3.8) is 0 Å². The maximum Gasteiger partial charge on any atom is 0.159 e. The number of aliphatic hydroxyl groups excluding tert-OH is 1. The molecule has 2 nitrogen and oxygen atoms in total. The zero-order valence-electron chi connectivity index (χ0n) is 9.41. The zero-order chi connectivity index (χ0) is 12.1. The van der Waals surface area contributed by atoms with E-state index in [4.69, 9.17) is 4.74 Å². The van der Waals surface area contributed by atoms with Crippen LogP contribution < -0.4 is 0 Å². The highest BCUT2D eigenvalue weighted by atomic mass is 19.2. The molecule has 0 aliphatic heterocycles. The van der Waals surface area contributed by atoms with Crippen LogP contribution in [0.3, 0.4) is 0 Å². The molecule has 0 saturated heterocycles. The average Bonchev–Trinajstić information content (AvgIpc) is 2.21. The van der Waals surface area contributed by atoms with E-state index in [9.17, 15) is 13.9 Å². The molecule has 1 N–H and O–H groups in total. The van der Waals surface area contributed by atoms with Crippen LogP contribution in [-0.4, -0.2) is 17.8 Å². The summed E-state index contributed by atoms with van der Waals surface area (Å²) in [5.74, 6) is -1.85. The van der Waals surface area contributed by atoms with E-state index < -0.39 is 17.7 Å². The predicted octanol–water partition coefficient (Wildman–Crippen LogP) is 2.81. The third kappa shape index (κ3) is 3.87. The first-order chi connectivity index (χ1) is 7.50. The van der Waals surface area contributed by atoms with E-state index in [1.54, 1.807) is 0 Å². The Bertz CT molecular complexity index is 340. The number of halogens is 2. The second-order valence-corrected chi connectivity index (χ2v) is 3.90. The minimum absolute atomic E-state index is 0.0946. The number of hydrogen-bond acceptors (Lipinski definition) is 2. The first-order valence-electron chi connectivity index (χ1n) is 5.25. The lowest BCUT2D eigenvalue weighted by atomic mass is 10.1. The van der Waals surface area contributed by atoms with Crippen molar-refractivity contribution >= 4 is 0 Å². The Kier molecular flexibility index (Phi) is 4.83. The predicted molar refractivity (Wildman–Crippen MR) is 57.0 cm³/mol. The number of aliphatic hydroxyl groups is 1. The van der Waals surface area contributed by atoms with E-state index in [0.29, 0.717) is 18.6 Å². The van der Waals surface area contributed by atoms with Gasteiger partial charge in [-0.3, -0.25) is 0 Å². The second kappa shape index (κ2) is 5.92. The van der Waals surface area contributed by atoms with Gasteiger partial charge in [0.1, 0.15) is 0 Å². The van der Waals surface area contributed by atoms with Gasteiger partial charge in [0.05, 0.1) is 12.2 Å². The van der Waals surface area contributed by atoms with Gasteiger partial charge in [-0.05, 0) is 31.5 Å². The molecule has 0 aromatic heterocycles. The van der Waals surface area contributed by atoms with Gasteiger partial charge in [0.25, 0.3) is 0 Å². The Morgan fingerprint density at radius 3 is 2.50 bits per heavy atom. The minimum Gasteiger partial charge on any atom is -0.388 e. The van der Waals surface area contributed by atoms with Gasteiger partial charge in [-0.2, -0.15) is 0 Å². The maximum atomic E-state index is 12.9. The van der Waals surface area contributed by atoms with E-state index in [1.165, 1.54) is 6.07 Å². The molecule has 1 aromatic carbocycles. The van der Waals surface area contributed by atoms with Crippen molar-refractivity contribution in [1.82, 2.24) is 0 Å². The van der Waals surface area contributed by atoms with Crippen molar-refractivity contribution in [2.24, 2.45) is 0 Å². The first kappa shape index (κ1) is 13.1. The Morgan fingerprint density at radius 1 is 1.25 bits per heavy atom. The van der Waals surface area contributed by atoms with Gasteiger partial charge >= 0.3 is 0 Å². The third-order valence-corrected chi connectivity index (χ3v) is 2.17. The van der Waals surface area contributed by atoms with E-state index in [-0.39, 0.29) is 6.10 Å². The highest BCUT2D eigenvalue weighted by Gasteiger charge is 2.10. The molecule has 0 bridgehead atoms. The Hall–Kier alpha value is -1.00. The quantitative estimate of drug-likeness (QED) is 0.842. The standard InChI is InChI=1S/C12H16F2O2/c1-8(2)16-6-5-12(15)9-3-4-10(13)11(14)7-9/h3-4,7-8,12,15H,5-6H2,1-2H3. The monoisotopic (exact) mass is 230 g/mol. The topological polar surface area (TPSA) is 29.5 Å². The van der Waals surface area contributed by atoms with Crippen molar-refractivity contribution in [3.8, 4) is 0 Å². The van der Waals surface area contributed by atoms with Gasteiger partial charge in [0, 0.05) is 13.0 Å². The molecule has 4 heteroatoms. The number of ether oxygens (including phenoxy) is 1. The van der Waals surface area contributed by atoms with Gasteiger partial charge in [-0.15, -0.1) is 0 Å². The summed E-state index contributed by atoms with van der Waals surface area (Å²) >= 11 is 0. The summed E-state index contributed by atoms with van der Waals surface area (Å²) in [4.78, 5) is 0.